The quantitative estimate of drug-likeness (QED) is 0.809. The van der Waals surface area contributed by atoms with E-state index in [1.54, 1.807) is 38.1 Å². The third kappa shape index (κ3) is 4.61. The summed E-state index contributed by atoms with van der Waals surface area (Å²) in [6.45, 7) is 3.38. The molecule has 0 aliphatic carbocycles. The zero-order valence-corrected chi connectivity index (χ0v) is 14.2. The van der Waals surface area contributed by atoms with Crippen molar-refractivity contribution >= 4 is 11.9 Å². The first-order valence-corrected chi connectivity index (χ1v) is 7.56. The summed E-state index contributed by atoms with van der Waals surface area (Å²) < 4.78 is 15.6. The predicted octanol–water partition coefficient (Wildman–Crippen LogP) is 2.33. The number of methoxy groups -OCH3 is 1. The number of rotatable bonds is 6. The van der Waals surface area contributed by atoms with Gasteiger partial charge in [-0.25, -0.2) is 4.79 Å². The van der Waals surface area contributed by atoms with Gasteiger partial charge in [0, 0.05) is 0 Å². The number of nitrogens with one attached hydrogen (secondary N) is 1. The minimum absolute atomic E-state index is 0.123. The van der Waals surface area contributed by atoms with Gasteiger partial charge in [0.2, 0.25) is 0 Å². The molecule has 1 atom stereocenters. The molecular weight excluding hydrogens is 324 g/mol. The third-order valence-electron chi connectivity index (χ3n) is 3.48. The molecule has 1 heterocycles. The second kappa shape index (κ2) is 8.02. The van der Waals surface area contributed by atoms with Crippen LogP contribution in [0, 0.1) is 18.3 Å². The lowest BCUT2D eigenvalue weighted by Crippen LogP contribution is -2.35. The smallest absolute Gasteiger partial charge is 0.341 e. The maximum Gasteiger partial charge on any atom is 0.341 e. The molecule has 130 valence electrons. The number of benzene rings is 1. The van der Waals surface area contributed by atoms with Crippen LogP contribution in [0.2, 0.25) is 0 Å². The van der Waals surface area contributed by atoms with Crippen molar-refractivity contribution < 1.29 is 23.5 Å². The number of nitriles is 1. The Morgan fingerprint density at radius 3 is 2.60 bits per heavy atom. The van der Waals surface area contributed by atoms with Gasteiger partial charge >= 0.3 is 5.97 Å². The van der Waals surface area contributed by atoms with Crippen LogP contribution >= 0.6 is 0 Å². The highest BCUT2D eigenvalue weighted by atomic mass is 16.5. The standard InChI is InChI=1S/C18H18N2O5/c1-11-16(18(22)23-3)8-15(24-11)10-20-17(21)12(2)25-14-6-4-13(9-19)5-7-14/h4-8,12H,10H2,1-3H3,(H,20,21). The van der Waals surface area contributed by atoms with Crippen molar-refractivity contribution in [1.82, 2.24) is 5.32 Å². The molecule has 2 aromatic rings. The number of amides is 1. The molecule has 7 nitrogen and oxygen atoms in total. The Balaban J connectivity index is 1.91. The fraction of sp³-hybridized carbons (Fsp3) is 0.278. The van der Waals surface area contributed by atoms with Crippen LogP contribution in [0.1, 0.15) is 34.4 Å². The molecule has 25 heavy (non-hydrogen) atoms. The van der Waals surface area contributed by atoms with Crippen molar-refractivity contribution in [3.05, 3.63) is 53.0 Å². The Hall–Kier alpha value is -3.27. The molecule has 1 unspecified atom stereocenters. The van der Waals surface area contributed by atoms with Crippen molar-refractivity contribution in [2.45, 2.75) is 26.5 Å². The van der Waals surface area contributed by atoms with Crippen molar-refractivity contribution in [2.75, 3.05) is 7.11 Å². The molecule has 0 aliphatic heterocycles. The van der Waals surface area contributed by atoms with Gasteiger partial charge in [0.05, 0.1) is 25.3 Å². The number of furan rings is 1. The van der Waals surface area contributed by atoms with E-state index in [4.69, 9.17) is 14.4 Å². The summed E-state index contributed by atoms with van der Waals surface area (Å²) >= 11 is 0. The minimum atomic E-state index is -0.732. The summed E-state index contributed by atoms with van der Waals surface area (Å²) in [5, 5.41) is 11.4. The average molecular weight is 342 g/mol. The van der Waals surface area contributed by atoms with E-state index in [-0.39, 0.29) is 12.5 Å². The minimum Gasteiger partial charge on any atom is -0.481 e. The van der Waals surface area contributed by atoms with E-state index in [0.717, 1.165) is 0 Å². The number of ether oxygens (including phenoxy) is 2. The lowest BCUT2D eigenvalue weighted by atomic mass is 10.2. The van der Waals surface area contributed by atoms with Crippen LogP contribution in [-0.4, -0.2) is 25.1 Å². The Morgan fingerprint density at radius 1 is 1.32 bits per heavy atom. The van der Waals surface area contributed by atoms with E-state index in [0.29, 0.717) is 28.4 Å². The number of carbonyl (C=O) groups excluding carboxylic acids is 2. The molecule has 0 aliphatic rings. The fourth-order valence-electron chi connectivity index (χ4n) is 2.13. The molecule has 1 N–H and O–H groups in total. The summed E-state index contributed by atoms with van der Waals surface area (Å²) in [4.78, 5) is 23.6. The van der Waals surface area contributed by atoms with Gasteiger partial charge in [0.25, 0.3) is 5.91 Å². The molecule has 0 saturated carbocycles. The normalized spacial score (nSPS) is 11.3. The lowest BCUT2D eigenvalue weighted by Gasteiger charge is -2.14. The van der Waals surface area contributed by atoms with Gasteiger partial charge < -0.3 is 19.2 Å². The van der Waals surface area contributed by atoms with E-state index < -0.39 is 12.1 Å². The van der Waals surface area contributed by atoms with Crippen molar-refractivity contribution in [3.8, 4) is 11.8 Å². The van der Waals surface area contributed by atoms with Crippen LogP contribution in [0.25, 0.3) is 0 Å². The number of hydrogen-bond acceptors (Lipinski definition) is 6. The van der Waals surface area contributed by atoms with E-state index in [2.05, 4.69) is 10.1 Å². The number of hydrogen-bond donors (Lipinski definition) is 1. The number of aryl methyl sites for hydroxylation is 1. The van der Waals surface area contributed by atoms with Crippen LogP contribution in [0.5, 0.6) is 5.75 Å². The second-order valence-electron chi connectivity index (χ2n) is 5.29. The van der Waals surface area contributed by atoms with Crippen molar-refractivity contribution in [3.63, 3.8) is 0 Å². The van der Waals surface area contributed by atoms with Crippen LogP contribution in [0.4, 0.5) is 0 Å². The zero-order chi connectivity index (χ0) is 18.4. The maximum absolute atomic E-state index is 12.1. The van der Waals surface area contributed by atoms with E-state index in [9.17, 15) is 9.59 Å². The van der Waals surface area contributed by atoms with Crippen LogP contribution in [-0.2, 0) is 16.1 Å². The lowest BCUT2D eigenvalue weighted by molar-refractivity contribution is -0.127. The highest BCUT2D eigenvalue weighted by Gasteiger charge is 2.18. The van der Waals surface area contributed by atoms with Gasteiger partial charge in [-0.3, -0.25) is 4.79 Å². The molecular formula is C18H18N2O5. The Bertz CT molecular complexity index is 802. The highest BCUT2D eigenvalue weighted by molar-refractivity contribution is 5.90. The van der Waals surface area contributed by atoms with Crippen molar-refractivity contribution in [1.29, 1.82) is 5.26 Å². The molecule has 2 rings (SSSR count). The topological polar surface area (TPSA) is 102 Å². The molecule has 1 aromatic heterocycles. The molecule has 1 amide bonds. The number of esters is 1. The SMILES string of the molecule is COC(=O)c1cc(CNC(=O)C(C)Oc2ccc(C#N)cc2)oc1C. The Labute approximate surface area is 145 Å². The van der Waals surface area contributed by atoms with Gasteiger partial charge in [-0.1, -0.05) is 0 Å². The maximum atomic E-state index is 12.1. The summed E-state index contributed by atoms with van der Waals surface area (Å²) in [6, 6.07) is 10.0. The van der Waals surface area contributed by atoms with Crippen LogP contribution in [0.3, 0.4) is 0 Å². The average Bonchev–Trinajstić information content (AvgIpc) is 3.00. The van der Waals surface area contributed by atoms with Crippen molar-refractivity contribution in [2.24, 2.45) is 0 Å². The first kappa shape index (κ1) is 18.1. The fourth-order valence-corrected chi connectivity index (χ4v) is 2.13. The van der Waals surface area contributed by atoms with Crippen LogP contribution < -0.4 is 10.1 Å². The number of nitrogens with zero attached hydrogens (tertiary/aromatic N) is 1. The number of carbonyl (C=O) groups is 2. The summed E-state index contributed by atoms with van der Waals surface area (Å²) in [7, 11) is 1.29. The summed E-state index contributed by atoms with van der Waals surface area (Å²) in [6.07, 6.45) is -0.732. The second-order valence-corrected chi connectivity index (χ2v) is 5.29. The van der Waals surface area contributed by atoms with Gasteiger partial charge in [0.1, 0.15) is 22.8 Å². The Kier molecular flexibility index (Phi) is 5.79. The molecule has 0 radical (unpaired) electrons. The Morgan fingerprint density at radius 2 is 2.00 bits per heavy atom. The third-order valence-corrected chi connectivity index (χ3v) is 3.48. The van der Waals surface area contributed by atoms with Gasteiger partial charge in [-0.2, -0.15) is 5.26 Å². The molecule has 0 fully saturated rings. The van der Waals surface area contributed by atoms with E-state index in [1.807, 2.05) is 6.07 Å². The van der Waals surface area contributed by atoms with Gasteiger partial charge in [-0.15, -0.1) is 0 Å². The van der Waals surface area contributed by atoms with E-state index >= 15 is 0 Å². The zero-order valence-electron chi connectivity index (χ0n) is 14.2. The molecule has 7 heteroatoms. The van der Waals surface area contributed by atoms with E-state index in [1.165, 1.54) is 13.2 Å². The van der Waals surface area contributed by atoms with Gasteiger partial charge in [-0.05, 0) is 44.2 Å². The molecule has 1 aromatic carbocycles. The molecule has 0 bridgehead atoms. The summed E-state index contributed by atoms with van der Waals surface area (Å²) in [5.41, 5.74) is 0.840. The van der Waals surface area contributed by atoms with Crippen LogP contribution in [0.15, 0.2) is 34.7 Å². The predicted molar refractivity (Wildman–Crippen MR) is 87.9 cm³/mol. The first-order chi connectivity index (χ1) is 11.9. The van der Waals surface area contributed by atoms with Gasteiger partial charge in [0.15, 0.2) is 6.10 Å². The highest BCUT2D eigenvalue weighted by Crippen LogP contribution is 2.16. The monoisotopic (exact) mass is 342 g/mol. The first-order valence-electron chi connectivity index (χ1n) is 7.56. The molecule has 0 saturated heterocycles. The largest absolute Gasteiger partial charge is 0.481 e. The summed E-state index contributed by atoms with van der Waals surface area (Å²) in [5.74, 6) is 0.535. The molecule has 0 spiro atoms.